The Kier molecular flexibility index (Phi) is 4.90. The van der Waals surface area contributed by atoms with Gasteiger partial charge in [-0.3, -0.25) is 9.36 Å². The Labute approximate surface area is 168 Å². The molecule has 4 rings (SSSR count). The van der Waals surface area contributed by atoms with Crippen LogP contribution in [0.2, 0.25) is 0 Å². The first-order valence-electron chi connectivity index (χ1n) is 9.56. The third-order valence-electron chi connectivity index (χ3n) is 4.90. The van der Waals surface area contributed by atoms with Crippen molar-refractivity contribution in [3.8, 4) is 12.3 Å². The summed E-state index contributed by atoms with van der Waals surface area (Å²) in [5, 5.41) is 5.84. The van der Waals surface area contributed by atoms with Crippen molar-refractivity contribution in [3.63, 3.8) is 0 Å². The highest BCUT2D eigenvalue weighted by Gasteiger charge is 2.58. The summed E-state index contributed by atoms with van der Waals surface area (Å²) in [4.78, 5) is 25.6. The van der Waals surface area contributed by atoms with Gasteiger partial charge in [-0.1, -0.05) is 6.92 Å². The molecule has 29 heavy (non-hydrogen) atoms. The molecule has 0 spiro atoms. The number of rotatable bonds is 5. The molecule has 1 amide bonds. The molecule has 0 unspecified atom stereocenters. The summed E-state index contributed by atoms with van der Waals surface area (Å²) < 4.78 is 19.8. The van der Waals surface area contributed by atoms with Crippen molar-refractivity contribution in [3.05, 3.63) is 12.2 Å². The van der Waals surface area contributed by atoms with Crippen molar-refractivity contribution in [1.29, 1.82) is 0 Å². The number of terminal acetylenes is 1. The third-order valence-corrected chi connectivity index (χ3v) is 4.90. The van der Waals surface area contributed by atoms with Crippen LogP contribution in [0.1, 0.15) is 39.2 Å². The molecule has 2 aromatic rings. The van der Waals surface area contributed by atoms with Crippen molar-refractivity contribution in [1.82, 2.24) is 24.8 Å². The lowest BCUT2D eigenvalue weighted by molar-refractivity contribution is -0.197. The number of aromatic nitrogens is 4. The van der Waals surface area contributed by atoms with Gasteiger partial charge in [-0.25, -0.2) is 15.0 Å². The standard InChI is InChI=1S/C19H24N6O4/c1-6-8-21-15-11-16(24-10(7-2)23-15)25(9-22-11)18-14-12(28-19(3,4)29-14)13(27-18)17(26)20-5/h2,9,12-14,18H,6,8H2,1,3-5H3,(H,20,26)(H,21,23,24)/t12-,13+,14-,18-/m1/s1. The summed E-state index contributed by atoms with van der Waals surface area (Å²) in [5.41, 5.74) is 1.07. The molecule has 2 saturated heterocycles. The smallest absolute Gasteiger partial charge is 0.251 e. The minimum atomic E-state index is -0.840. The van der Waals surface area contributed by atoms with Crippen LogP contribution in [0, 0.1) is 12.3 Å². The van der Waals surface area contributed by atoms with Crippen molar-refractivity contribution in [2.75, 3.05) is 18.9 Å². The Bertz CT molecular complexity index is 981. The van der Waals surface area contributed by atoms with Gasteiger partial charge in [0.2, 0.25) is 5.82 Å². The number of anilines is 1. The molecular formula is C19H24N6O4. The van der Waals surface area contributed by atoms with Crippen LogP contribution in [0.25, 0.3) is 11.2 Å². The predicted octanol–water partition coefficient (Wildman–Crippen LogP) is 0.793. The van der Waals surface area contributed by atoms with Gasteiger partial charge >= 0.3 is 0 Å². The first-order chi connectivity index (χ1) is 13.9. The number of fused-ring (bicyclic) bond motifs is 2. The topological polar surface area (TPSA) is 112 Å². The second-order valence-electron chi connectivity index (χ2n) is 7.42. The molecule has 4 heterocycles. The maximum Gasteiger partial charge on any atom is 0.251 e. The monoisotopic (exact) mass is 400 g/mol. The van der Waals surface area contributed by atoms with E-state index in [0.29, 0.717) is 17.0 Å². The van der Waals surface area contributed by atoms with Crippen molar-refractivity contribution in [2.24, 2.45) is 0 Å². The van der Waals surface area contributed by atoms with Gasteiger partial charge in [0.05, 0.1) is 6.33 Å². The fourth-order valence-corrected chi connectivity index (χ4v) is 3.69. The highest BCUT2D eigenvalue weighted by molar-refractivity contribution is 5.84. The molecule has 0 saturated carbocycles. The van der Waals surface area contributed by atoms with E-state index in [4.69, 9.17) is 20.6 Å². The van der Waals surface area contributed by atoms with Crippen LogP contribution in [-0.2, 0) is 19.0 Å². The van der Waals surface area contributed by atoms with Crippen LogP contribution in [0.15, 0.2) is 6.33 Å². The molecule has 0 aliphatic carbocycles. The number of nitrogens with one attached hydrogen (secondary N) is 2. The van der Waals surface area contributed by atoms with Crippen LogP contribution in [-0.4, -0.2) is 63.1 Å². The van der Waals surface area contributed by atoms with E-state index in [1.807, 2.05) is 0 Å². The van der Waals surface area contributed by atoms with E-state index in [0.717, 1.165) is 13.0 Å². The fraction of sp³-hybridized carbons (Fsp3) is 0.579. The molecule has 2 aliphatic heterocycles. The van der Waals surface area contributed by atoms with Crippen molar-refractivity contribution in [2.45, 2.75) is 57.5 Å². The first kappa shape index (κ1) is 19.6. The van der Waals surface area contributed by atoms with E-state index >= 15 is 0 Å². The quantitative estimate of drug-likeness (QED) is 0.709. The average Bonchev–Trinajstić information content (AvgIpc) is 3.35. The Hall–Kier alpha value is -2.74. The SMILES string of the molecule is C#Cc1nc(NCCC)c2ncn([C@@H]3O[C@H](C(=O)NC)[C@H]4OC(C)(C)O[C@H]43)c2n1. The number of hydrogen-bond acceptors (Lipinski definition) is 8. The summed E-state index contributed by atoms with van der Waals surface area (Å²) in [5.74, 6) is 2.15. The van der Waals surface area contributed by atoms with E-state index in [-0.39, 0.29) is 11.7 Å². The largest absolute Gasteiger partial charge is 0.368 e. The van der Waals surface area contributed by atoms with E-state index in [1.165, 1.54) is 0 Å². The van der Waals surface area contributed by atoms with Gasteiger partial charge in [-0.15, -0.1) is 6.42 Å². The summed E-state index contributed by atoms with van der Waals surface area (Å²) in [7, 11) is 1.56. The number of imidazole rings is 1. The Balaban J connectivity index is 1.78. The zero-order chi connectivity index (χ0) is 20.8. The molecule has 4 atom stereocenters. The lowest BCUT2D eigenvalue weighted by atomic mass is 10.1. The minimum absolute atomic E-state index is 0.235. The molecule has 10 nitrogen and oxygen atoms in total. The third kappa shape index (κ3) is 3.31. The molecule has 2 aromatic heterocycles. The van der Waals surface area contributed by atoms with E-state index in [1.54, 1.807) is 31.8 Å². The minimum Gasteiger partial charge on any atom is -0.368 e. The number of carbonyl (C=O) groups excluding carboxylic acids is 1. The predicted molar refractivity (Wildman–Crippen MR) is 104 cm³/mol. The molecule has 2 N–H and O–H groups in total. The lowest BCUT2D eigenvalue weighted by Gasteiger charge is -2.24. The second-order valence-corrected chi connectivity index (χ2v) is 7.42. The maximum atomic E-state index is 12.4. The zero-order valence-corrected chi connectivity index (χ0v) is 16.8. The summed E-state index contributed by atoms with van der Waals surface area (Å²) in [6, 6.07) is 0. The number of ether oxygens (including phenoxy) is 3. The molecule has 154 valence electrons. The summed E-state index contributed by atoms with van der Waals surface area (Å²) >= 11 is 0. The number of likely N-dealkylation sites (N-methyl/N-ethyl adjacent to an activating group) is 1. The zero-order valence-electron chi connectivity index (χ0n) is 16.8. The van der Waals surface area contributed by atoms with Crippen molar-refractivity contribution >= 4 is 22.9 Å². The first-order valence-corrected chi connectivity index (χ1v) is 9.56. The van der Waals surface area contributed by atoms with Crippen LogP contribution >= 0.6 is 0 Å². The van der Waals surface area contributed by atoms with Crippen LogP contribution < -0.4 is 10.6 Å². The maximum absolute atomic E-state index is 12.4. The van der Waals surface area contributed by atoms with Gasteiger partial charge < -0.3 is 24.8 Å². The molecule has 10 heteroatoms. The Morgan fingerprint density at radius 2 is 2.10 bits per heavy atom. The number of amides is 1. The normalized spacial score (nSPS) is 27.6. The van der Waals surface area contributed by atoms with E-state index in [2.05, 4.69) is 38.4 Å². The molecular weight excluding hydrogens is 376 g/mol. The molecule has 2 aliphatic rings. The highest BCUT2D eigenvalue weighted by Crippen LogP contribution is 2.44. The van der Waals surface area contributed by atoms with Gasteiger partial charge in [0.25, 0.3) is 5.91 Å². The Morgan fingerprint density at radius 3 is 2.79 bits per heavy atom. The molecule has 0 bridgehead atoms. The average molecular weight is 400 g/mol. The van der Waals surface area contributed by atoms with E-state index in [9.17, 15) is 4.79 Å². The van der Waals surface area contributed by atoms with Gasteiger partial charge in [-0.05, 0) is 26.2 Å². The van der Waals surface area contributed by atoms with Crippen LogP contribution in [0.3, 0.4) is 0 Å². The molecule has 2 fully saturated rings. The van der Waals surface area contributed by atoms with Gasteiger partial charge in [0.15, 0.2) is 35.1 Å². The van der Waals surface area contributed by atoms with Gasteiger partial charge in [0.1, 0.15) is 12.2 Å². The van der Waals surface area contributed by atoms with Crippen LogP contribution in [0.4, 0.5) is 5.82 Å². The number of hydrogen-bond donors (Lipinski definition) is 2. The summed E-state index contributed by atoms with van der Waals surface area (Å²) in [6.07, 6.45) is 5.52. The second kappa shape index (κ2) is 7.26. The number of nitrogens with zero attached hydrogens (tertiary/aromatic N) is 4. The number of carbonyl (C=O) groups is 1. The lowest BCUT2D eigenvalue weighted by Crippen LogP contribution is -2.41. The Morgan fingerprint density at radius 1 is 1.34 bits per heavy atom. The molecule has 0 radical (unpaired) electrons. The fourth-order valence-electron chi connectivity index (χ4n) is 3.69. The highest BCUT2D eigenvalue weighted by atomic mass is 16.8. The van der Waals surface area contributed by atoms with Gasteiger partial charge in [-0.2, -0.15) is 0 Å². The summed E-state index contributed by atoms with van der Waals surface area (Å²) in [6.45, 7) is 6.38. The van der Waals surface area contributed by atoms with Crippen LogP contribution in [0.5, 0.6) is 0 Å². The van der Waals surface area contributed by atoms with E-state index < -0.39 is 30.3 Å². The van der Waals surface area contributed by atoms with Gasteiger partial charge in [0, 0.05) is 13.6 Å². The molecule has 0 aromatic carbocycles. The van der Waals surface area contributed by atoms with Crippen molar-refractivity contribution < 1.29 is 19.0 Å².